The fourth-order valence-corrected chi connectivity index (χ4v) is 2.76. The molecule has 118 valence electrons. The Hall–Kier alpha value is -2.61. The average molecular weight is 330 g/mol. The van der Waals surface area contributed by atoms with Crippen LogP contribution in [0.5, 0.6) is 0 Å². The molecule has 1 aromatic carbocycles. The Bertz CT molecular complexity index is 870. The van der Waals surface area contributed by atoms with E-state index in [1.165, 1.54) is 18.0 Å². The van der Waals surface area contributed by atoms with Gasteiger partial charge >= 0.3 is 5.97 Å². The quantitative estimate of drug-likeness (QED) is 0.549. The average Bonchev–Trinajstić information content (AvgIpc) is 2.96. The summed E-state index contributed by atoms with van der Waals surface area (Å²) in [5.74, 6) is 0.226. The van der Waals surface area contributed by atoms with Crippen molar-refractivity contribution in [3.63, 3.8) is 0 Å². The summed E-state index contributed by atoms with van der Waals surface area (Å²) in [6.45, 7) is 1.89. The Morgan fingerprint density at radius 3 is 2.87 bits per heavy atom. The lowest BCUT2D eigenvalue weighted by Gasteiger charge is -2.02. The van der Waals surface area contributed by atoms with Crippen LogP contribution >= 0.6 is 11.8 Å². The van der Waals surface area contributed by atoms with Gasteiger partial charge in [0.2, 0.25) is 0 Å². The predicted molar refractivity (Wildman–Crippen MR) is 86.5 cm³/mol. The van der Waals surface area contributed by atoms with Crippen molar-refractivity contribution in [2.75, 3.05) is 6.61 Å². The van der Waals surface area contributed by atoms with Crippen molar-refractivity contribution in [1.82, 2.24) is 19.9 Å². The minimum atomic E-state index is -0.669. The Balaban J connectivity index is 1.72. The Morgan fingerprint density at radius 2 is 2.13 bits per heavy atom. The molecule has 2 N–H and O–H groups in total. The number of fused-ring (bicyclic) bond motifs is 1. The number of H-pyrrole nitrogens is 2. The molecule has 0 unspecified atom stereocenters. The molecule has 0 aliphatic heterocycles. The van der Waals surface area contributed by atoms with Crippen LogP contribution in [0.25, 0.3) is 11.0 Å². The van der Waals surface area contributed by atoms with Crippen molar-refractivity contribution in [1.29, 1.82) is 0 Å². The summed E-state index contributed by atoms with van der Waals surface area (Å²) < 4.78 is 4.79. The third-order valence-corrected chi connectivity index (χ3v) is 3.95. The van der Waals surface area contributed by atoms with Crippen LogP contribution in [0.4, 0.5) is 0 Å². The van der Waals surface area contributed by atoms with Gasteiger partial charge < -0.3 is 14.7 Å². The zero-order chi connectivity index (χ0) is 16.2. The number of nitrogens with one attached hydrogen (secondary N) is 2. The van der Waals surface area contributed by atoms with E-state index in [-0.39, 0.29) is 12.2 Å². The molecule has 2 heterocycles. The smallest absolute Gasteiger partial charge is 0.345 e. The zero-order valence-electron chi connectivity index (χ0n) is 12.3. The van der Waals surface area contributed by atoms with E-state index in [4.69, 9.17) is 4.74 Å². The first-order valence-corrected chi connectivity index (χ1v) is 7.99. The van der Waals surface area contributed by atoms with Crippen molar-refractivity contribution in [2.24, 2.45) is 0 Å². The lowest BCUT2D eigenvalue weighted by atomic mass is 10.3. The molecule has 0 saturated carbocycles. The fraction of sp³-hybridized carbons (Fsp3) is 0.200. The highest BCUT2D eigenvalue weighted by Gasteiger charge is 2.13. The molecule has 0 radical (unpaired) electrons. The van der Waals surface area contributed by atoms with Crippen LogP contribution in [0.15, 0.2) is 40.4 Å². The van der Waals surface area contributed by atoms with Crippen LogP contribution in [0.2, 0.25) is 0 Å². The standard InChI is InChI=1S/C15H14N4O3S/c1-2-22-14(21)9-7-16-12(19-13(9)20)8-23-15-17-10-5-3-4-6-11(10)18-15/h3-7H,2,8H2,1H3,(H,17,18)(H,16,19,20). The van der Waals surface area contributed by atoms with E-state index >= 15 is 0 Å². The number of carbonyl (C=O) groups is 1. The number of carbonyl (C=O) groups excluding carboxylic acids is 1. The molecule has 0 aliphatic rings. The van der Waals surface area contributed by atoms with Gasteiger partial charge in [-0.15, -0.1) is 0 Å². The van der Waals surface area contributed by atoms with Gasteiger partial charge in [0.05, 0.1) is 23.4 Å². The Morgan fingerprint density at radius 1 is 1.30 bits per heavy atom. The number of rotatable bonds is 5. The van der Waals surface area contributed by atoms with E-state index in [2.05, 4.69) is 19.9 Å². The molecule has 0 saturated heterocycles. The molecule has 0 atom stereocenters. The summed E-state index contributed by atoms with van der Waals surface area (Å²) in [6, 6.07) is 7.72. The van der Waals surface area contributed by atoms with E-state index in [0.29, 0.717) is 11.6 Å². The SMILES string of the molecule is CCOC(=O)c1cnc(CSc2nc3ccccc3[nH]2)[nH]c1=O. The molecular formula is C15H14N4O3S. The van der Waals surface area contributed by atoms with Crippen LogP contribution in [0, 0.1) is 0 Å². The van der Waals surface area contributed by atoms with Gasteiger partial charge in [-0.3, -0.25) is 4.79 Å². The highest BCUT2D eigenvalue weighted by atomic mass is 32.2. The first-order chi connectivity index (χ1) is 11.2. The topological polar surface area (TPSA) is 101 Å². The Labute approximate surface area is 135 Å². The maximum Gasteiger partial charge on any atom is 0.345 e. The molecule has 23 heavy (non-hydrogen) atoms. The molecule has 0 spiro atoms. The van der Waals surface area contributed by atoms with Gasteiger partial charge in [-0.1, -0.05) is 23.9 Å². The minimum absolute atomic E-state index is 0.0932. The number of thioether (sulfide) groups is 1. The van der Waals surface area contributed by atoms with Crippen molar-refractivity contribution < 1.29 is 9.53 Å². The monoisotopic (exact) mass is 330 g/mol. The van der Waals surface area contributed by atoms with Crippen LogP contribution in [0.3, 0.4) is 0 Å². The largest absolute Gasteiger partial charge is 0.462 e. The number of ether oxygens (including phenoxy) is 1. The van der Waals surface area contributed by atoms with E-state index in [1.807, 2.05) is 24.3 Å². The third kappa shape index (κ3) is 3.42. The maximum atomic E-state index is 11.9. The number of hydrogen-bond acceptors (Lipinski definition) is 6. The molecule has 0 aliphatic carbocycles. The molecule has 0 fully saturated rings. The van der Waals surface area contributed by atoms with Crippen LogP contribution in [-0.2, 0) is 10.5 Å². The number of aromatic nitrogens is 4. The second-order valence-electron chi connectivity index (χ2n) is 4.64. The number of hydrogen-bond donors (Lipinski definition) is 2. The third-order valence-electron chi connectivity index (χ3n) is 3.06. The van der Waals surface area contributed by atoms with Crippen molar-refractivity contribution in [3.05, 3.63) is 52.2 Å². The number of nitrogens with zero attached hydrogens (tertiary/aromatic N) is 2. The van der Waals surface area contributed by atoms with Gasteiger partial charge in [-0.25, -0.2) is 14.8 Å². The maximum absolute atomic E-state index is 11.9. The van der Waals surface area contributed by atoms with Gasteiger partial charge in [-0.05, 0) is 19.1 Å². The molecular weight excluding hydrogens is 316 g/mol. The summed E-state index contributed by atoms with van der Waals surface area (Å²) in [6.07, 6.45) is 1.24. The summed E-state index contributed by atoms with van der Waals surface area (Å²) >= 11 is 1.42. The van der Waals surface area contributed by atoms with Crippen molar-refractivity contribution in [3.8, 4) is 0 Å². The van der Waals surface area contributed by atoms with Crippen LogP contribution in [-0.4, -0.2) is 32.5 Å². The zero-order valence-corrected chi connectivity index (χ0v) is 13.1. The highest BCUT2D eigenvalue weighted by molar-refractivity contribution is 7.98. The lowest BCUT2D eigenvalue weighted by Crippen LogP contribution is -2.21. The first-order valence-electron chi connectivity index (χ1n) is 7.00. The summed E-state index contributed by atoms with van der Waals surface area (Å²) in [5.41, 5.74) is 1.24. The molecule has 7 nitrogen and oxygen atoms in total. The highest BCUT2D eigenvalue weighted by Crippen LogP contribution is 2.21. The molecule has 2 aromatic heterocycles. The number of imidazole rings is 1. The fourth-order valence-electron chi connectivity index (χ4n) is 1.99. The van der Waals surface area contributed by atoms with E-state index in [0.717, 1.165) is 16.2 Å². The van der Waals surface area contributed by atoms with Crippen molar-refractivity contribution in [2.45, 2.75) is 17.8 Å². The number of esters is 1. The second-order valence-corrected chi connectivity index (χ2v) is 5.60. The van der Waals surface area contributed by atoms with Gasteiger partial charge in [0.15, 0.2) is 5.16 Å². The van der Waals surface area contributed by atoms with Gasteiger partial charge in [0.1, 0.15) is 11.4 Å². The van der Waals surface area contributed by atoms with Gasteiger partial charge in [-0.2, -0.15) is 0 Å². The van der Waals surface area contributed by atoms with Crippen LogP contribution < -0.4 is 5.56 Å². The van der Waals surface area contributed by atoms with Crippen LogP contribution in [0.1, 0.15) is 23.1 Å². The molecule has 3 rings (SSSR count). The molecule has 0 amide bonds. The lowest BCUT2D eigenvalue weighted by molar-refractivity contribution is 0.0523. The van der Waals surface area contributed by atoms with Gasteiger partial charge in [0, 0.05) is 6.20 Å². The van der Waals surface area contributed by atoms with Gasteiger partial charge in [0.25, 0.3) is 5.56 Å². The number of para-hydroxylation sites is 2. The summed E-state index contributed by atoms with van der Waals surface area (Å²) in [7, 11) is 0. The van der Waals surface area contributed by atoms with E-state index in [9.17, 15) is 9.59 Å². The van der Waals surface area contributed by atoms with E-state index < -0.39 is 11.5 Å². The summed E-state index contributed by atoms with van der Waals surface area (Å²) in [5, 5.41) is 0.739. The molecule has 3 aromatic rings. The molecule has 8 heteroatoms. The Kier molecular flexibility index (Phi) is 4.42. The molecule has 0 bridgehead atoms. The first kappa shape index (κ1) is 15.3. The number of benzene rings is 1. The normalized spacial score (nSPS) is 10.8. The second kappa shape index (κ2) is 6.66. The van der Waals surface area contributed by atoms with E-state index in [1.54, 1.807) is 6.92 Å². The predicted octanol–water partition coefficient (Wildman–Crippen LogP) is 2.12. The minimum Gasteiger partial charge on any atom is -0.462 e. The van der Waals surface area contributed by atoms with Crippen molar-refractivity contribution >= 4 is 28.8 Å². The summed E-state index contributed by atoms with van der Waals surface area (Å²) in [4.78, 5) is 37.7. The number of aromatic amines is 2.